The first-order chi connectivity index (χ1) is 11.6. The monoisotopic (exact) mass is 344 g/mol. The fourth-order valence-electron chi connectivity index (χ4n) is 3.05. The highest BCUT2D eigenvalue weighted by atomic mass is 35.5. The Hall–Kier alpha value is -1.88. The Labute approximate surface area is 147 Å². The lowest BCUT2D eigenvalue weighted by atomic mass is 10.00. The van der Waals surface area contributed by atoms with Gasteiger partial charge in [0.1, 0.15) is 0 Å². The Kier molecular flexibility index (Phi) is 5.51. The smallest absolute Gasteiger partial charge is 0.335 e. The van der Waals surface area contributed by atoms with Crippen molar-refractivity contribution in [3.63, 3.8) is 0 Å². The van der Waals surface area contributed by atoms with Crippen LogP contribution < -0.4 is 5.32 Å². The normalized spacial score (nSPS) is 14.4. The molecule has 24 heavy (non-hydrogen) atoms. The van der Waals surface area contributed by atoms with Gasteiger partial charge in [-0.2, -0.15) is 0 Å². The minimum absolute atomic E-state index is 0.324. The number of nitrogens with zero attached hydrogens (tertiary/aromatic N) is 1. The van der Waals surface area contributed by atoms with Gasteiger partial charge in [-0.25, -0.2) is 4.79 Å². The number of hydrogen-bond acceptors (Lipinski definition) is 3. The maximum atomic E-state index is 10.8. The van der Waals surface area contributed by atoms with Crippen LogP contribution in [0, 0.1) is 0 Å². The van der Waals surface area contributed by atoms with Crippen LogP contribution in [-0.2, 0) is 19.5 Å². The zero-order valence-electron chi connectivity index (χ0n) is 13.5. The number of hydrogen-bond donors (Lipinski definition) is 2. The molecule has 3 rings (SSSR count). The van der Waals surface area contributed by atoms with E-state index in [2.05, 4.69) is 16.3 Å². The fraction of sp³-hybridized carbons (Fsp3) is 0.316. The molecule has 1 aliphatic heterocycles. The van der Waals surface area contributed by atoms with Gasteiger partial charge < -0.3 is 10.4 Å². The second-order valence-electron chi connectivity index (χ2n) is 6.08. The Morgan fingerprint density at radius 3 is 2.75 bits per heavy atom. The van der Waals surface area contributed by atoms with Crippen molar-refractivity contribution in [2.75, 3.05) is 19.6 Å². The van der Waals surface area contributed by atoms with Crippen molar-refractivity contribution in [3.05, 3.63) is 69.7 Å². The van der Waals surface area contributed by atoms with E-state index in [9.17, 15) is 4.79 Å². The predicted molar refractivity (Wildman–Crippen MR) is 95.5 cm³/mol. The maximum Gasteiger partial charge on any atom is 0.335 e. The number of aromatic carboxylic acids is 1. The molecule has 2 aromatic carbocycles. The molecule has 1 aliphatic rings. The molecule has 0 aromatic heterocycles. The highest BCUT2D eigenvalue weighted by molar-refractivity contribution is 6.31. The lowest BCUT2D eigenvalue weighted by molar-refractivity contribution is 0.0697. The Morgan fingerprint density at radius 1 is 1.21 bits per heavy atom. The zero-order valence-corrected chi connectivity index (χ0v) is 14.2. The van der Waals surface area contributed by atoms with Crippen LogP contribution in [0.4, 0.5) is 0 Å². The third kappa shape index (κ3) is 4.15. The summed E-state index contributed by atoms with van der Waals surface area (Å²) in [4.78, 5) is 13.3. The number of benzene rings is 2. The van der Waals surface area contributed by atoms with E-state index in [0.29, 0.717) is 5.56 Å². The van der Waals surface area contributed by atoms with Crippen molar-refractivity contribution in [2.24, 2.45) is 0 Å². The summed E-state index contributed by atoms with van der Waals surface area (Å²) in [6.45, 7) is 4.61. The van der Waals surface area contributed by atoms with Gasteiger partial charge in [0, 0.05) is 37.7 Å². The van der Waals surface area contributed by atoms with Gasteiger partial charge in [-0.1, -0.05) is 35.9 Å². The first-order valence-corrected chi connectivity index (χ1v) is 8.53. The molecule has 0 fully saturated rings. The van der Waals surface area contributed by atoms with Gasteiger partial charge in [-0.15, -0.1) is 0 Å². The zero-order chi connectivity index (χ0) is 16.9. The molecule has 2 aromatic rings. The second kappa shape index (κ2) is 7.79. The van der Waals surface area contributed by atoms with Crippen LogP contribution >= 0.6 is 11.6 Å². The van der Waals surface area contributed by atoms with Gasteiger partial charge in [0.25, 0.3) is 0 Å². The van der Waals surface area contributed by atoms with Gasteiger partial charge in [0.15, 0.2) is 0 Å². The summed E-state index contributed by atoms with van der Waals surface area (Å²) in [6.07, 6.45) is 1.01. The van der Waals surface area contributed by atoms with Crippen LogP contribution in [0.3, 0.4) is 0 Å². The number of carboxylic acids is 1. The average Bonchev–Trinajstić information content (AvgIpc) is 2.59. The number of halogens is 1. The molecule has 0 saturated carbocycles. The number of fused-ring (bicyclic) bond motifs is 1. The van der Waals surface area contributed by atoms with Crippen LogP contribution in [0.5, 0.6) is 0 Å². The van der Waals surface area contributed by atoms with Crippen molar-refractivity contribution in [1.82, 2.24) is 10.2 Å². The van der Waals surface area contributed by atoms with Crippen LogP contribution in [0.1, 0.15) is 27.0 Å². The summed E-state index contributed by atoms with van der Waals surface area (Å²) in [7, 11) is 0. The Morgan fingerprint density at radius 2 is 2.00 bits per heavy atom. The molecule has 0 radical (unpaired) electrons. The van der Waals surface area contributed by atoms with Crippen molar-refractivity contribution < 1.29 is 9.90 Å². The fourth-order valence-corrected chi connectivity index (χ4v) is 3.34. The molecule has 0 spiro atoms. The second-order valence-corrected chi connectivity index (χ2v) is 6.49. The summed E-state index contributed by atoms with van der Waals surface area (Å²) in [5.41, 5.74) is 4.04. The quantitative estimate of drug-likeness (QED) is 0.790. The molecule has 5 heteroatoms. The van der Waals surface area contributed by atoms with E-state index >= 15 is 0 Å². The van der Waals surface area contributed by atoms with E-state index in [1.165, 1.54) is 11.1 Å². The third-order valence-electron chi connectivity index (χ3n) is 4.42. The summed E-state index contributed by atoms with van der Waals surface area (Å²) < 4.78 is 0. The minimum Gasteiger partial charge on any atom is -0.478 e. The lowest BCUT2D eigenvalue weighted by Crippen LogP contribution is -2.36. The van der Waals surface area contributed by atoms with E-state index in [0.717, 1.165) is 49.7 Å². The summed E-state index contributed by atoms with van der Waals surface area (Å²) >= 11 is 6.25. The van der Waals surface area contributed by atoms with Crippen LogP contribution in [0.25, 0.3) is 0 Å². The minimum atomic E-state index is -0.889. The van der Waals surface area contributed by atoms with Gasteiger partial charge in [0.2, 0.25) is 0 Å². The van der Waals surface area contributed by atoms with E-state index in [1.807, 2.05) is 24.3 Å². The lowest BCUT2D eigenvalue weighted by Gasteiger charge is -2.29. The van der Waals surface area contributed by atoms with Crippen molar-refractivity contribution in [3.8, 4) is 0 Å². The van der Waals surface area contributed by atoms with Crippen LogP contribution in [0.15, 0.2) is 42.5 Å². The number of nitrogens with one attached hydrogen (secondary N) is 1. The average molecular weight is 345 g/mol. The first kappa shape index (κ1) is 17.0. The van der Waals surface area contributed by atoms with E-state index < -0.39 is 5.97 Å². The highest BCUT2D eigenvalue weighted by Gasteiger charge is 2.17. The van der Waals surface area contributed by atoms with Crippen LogP contribution in [0.2, 0.25) is 5.02 Å². The Balaban J connectivity index is 1.43. The van der Waals surface area contributed by atoms with E-state index in [-0.39, 0.29) is 0 Å². The number of rotatable bonds is 6. The summed E-state index contributed by atoms with van der Waals surface area (Å²) in [6, 6.07) is 13.1. The van der Waals surface area contributed by atoms with E-state index in [1.54, 1.807) is 12.1 Å². The van der Waals surface area contributed by atoms with Gasteiger partial charge in [-0.05, 0) is 41.3 Å². The molecule has 0 aliphatic carbocycles. The van der Waals surface area contributed by atoms with Gasteiger partial charge in [0.05, 0.1) is 5.56 Å². The molecule has 0 amide bonds. The predicted octanol–water partition coefficient (Wildman–Crippen LogP) is 3.19. The van der Waals surface area contributed by atoms with Crippen molar-refractivity contribution in [1.29, 1.82) is 0 Å². The van der Waals surface area contributed by atoms with Crippen LogP contribution in [-0.4, -0.2) is 35.6 Å². The molecular formula is C19H21ClN2O2. The first-order valence-electron chi connectivity index (χ1n) is 8.15. The topological polar surface area (TPSA) is 52.6 Å². The van der Waals surface area contributed by atoms with E-state index in [4.69, 9.17) is 16.7 Å². The number of carbonyl (C=O) groups is 1. The molecule has 0 atom stereocenters. The Bertz CT molecular complexity index is 716. The molecule has 0 saturated heterocycles. The molecule has 0 unspecified atom stereocenters. The highest BCUT2D eigenvalue weighted by Crippen LogP contribution is 2.25. The molecule has 4 nitrogen and oxygen atoms in total. The molecule has 2 N–H and O–H groups in total. The van der Waals surface area contributed by atoms with Crippen molar-refractivity contribution in [2.45, 2.75) is 19.5 Å². The standard InChI is InChI=1S/C19H21ClN2O2/c20-18-3-1-2-16-13-22(10-8-17(16)18)11-9-21-12-14-4-6-15(7-5-14)19(23)24/h1-7,21H,8-13H2,(H,23,24). The van der Waals surface area contributed by atoms with Gasteiger partial charge in [-0.3, -0.25) is 4.90 Å². The molecule has 0 bridgehead atoms. The summed E-state index contributed by atoms with van der Waals surface area (Å²) in [5, 5.41) is 13.2. The molecular weight excluding hydrogens is 324 g/mol. The number of carboxylic acid groups (broad SMARTS) is 1. The third-order valence-corrected chi connectivity index (χ3v) is 4.78. The largest absolute Gasteiger partial charge is 0.478 e. The summed E-state index contributed by atoms with van der Waals surface area (Å²) in [5.74, 6) is -0.889. The maximum absolute atomic E-state index is 10.8. The van der Waals surface area contributed by atoms with Crippen molar-refractivity contribution >= 4 is 17.6 Å². The molecule has 1 heterocycles. The van der Waals surface area contributed by atoms with Gasteiger partial charge >= 0.3 is 5.97 Å². The molecule has 126 valence electrons. The SMILES string of the molecule is O=C(O)c1ccc(CNCCN2CCc3c(Cl)cccc3C2)cc1.